The summed E-state index contributed by atoms with van der Waals surface area (Å²) in [4.78, 5) is 26.3. The van der Waals surface area contributed by atoms with Crippen molar-refractivity contribution in [3.63, 3.8) is 0 Å². The third-order valence-electron chi connectivity index (χ3n) is 4.53. The maximum absolute atomic E-state index is 12.3. The summed E-state index contributed by atoms with van der Waals surface area (Å²) in [5, 5.41) is 2.05. The second-order valence-corrected chi connectivity index (χ2v) is 6.88. The van der Waals surface area contributed by atoms with Crippen molar-refractivity contribution >= 4 is 22.6 Å². The van der Waals surface area contributed by atoms with Crippen LogP contribution in [0.3, 0.4) is 0 Å². The van der Waals surface area contributed by atoms with Crippen LogP contribution in [0.5, 0.6) is 0 Å². The molecule has 1 saturated heterocycles. The number of ether oxygens (including phenoxy) is 1. The predicted molar refractivity (Wildman–Crippen MR) is 93.8 cm³/mol. The normalized spacial score (nSPS) is 20.8. The molecule has 1 aliphatic rings. The summed E-state index contributed by atoms with van der Waals surface area (Å²) in [7, 11) is 0. The van der Waals surface area contributed by atoms with Crippen molar-refractivity contribution in [2.24, 2.45) is 11.8 Å². The fourth-order valence-electron chi connectivity index (χ4n) is 3.48. The molecule has 0 saturated carbocycles. The lowest BCUT2D eigenvalue weighted by molar-refractivity contribution is -0.137. The Kier molecular flexibility index (Phi) is 4.84. The van der Waals surface area contributed by atoms with Crippen molar-refractivity contribution in [1.82, 2.24) is 4.90 Å². The Morgan fingerprint density at radius 2 is 1.71 bits per heavy atom. The third kappa shape index (κ3) is 3.75. The van der Waals surface area contributed by atoms with Crippen molar-refractivity contribution < 1.29 is 14.3 Å². The van der Waals surface area contributed by atoms with Gasteiger partial charge < -0.3 is 9.64 Å². The highest BCUT2D eigenvalue weighted by atomic mass is 16.5. The molecule has 0 spiro atoms. The largest absolute Gasteiger partial charge is 0.452 e. The smallest absolute Gasteiger partial charge is 0.338 e. The van der Waals surface area contributed by atoms with E-state index in [4.69, 9.17) is 4.74 Å². The van der Waals surface area contributed by atoms with Crippen LogP contribution in [-0.4, -0.2) is 36.5 Å². The summed E-state index contributed by atoms with van der Waals surface area (Å²) in [6, 6.07) is 13.3. The number of fused-ring (bicyclic) bond motifs is 1. The summed E-state index contributed by atoms with van der Waals surface area (Å²) in [5.74, 6) is 0.428. The zero-order valence-electron chi connectivity index (χ0n) is 14.2. The van der Waals surface area contributed by atoms with Gasteiger partial charge >= 0.3 is 5.97 Å². The van der Waals surface area contributed by atoms with Crippen LogP contribution < -0.4 is 0 Å². The van der Waals surface area contributed by atoms with Crippen LogP contribution >= 0.6 is 0 Å². The number of hydrogen-bond acceptors (Lipinski definition) is 3. The van der Waals surface area contributed by atoms with Gasteiger partial charge in [-0.15, -0.1) is 0 Å². The molecule has 126 valence electrons. The van der Waals surface area contributed by atoms with Crippen LogP contribution in [0.15, 0.2) is 42.5 Å². The molecule has 1 aliphatic heterocycles. The molecule has 1 fully saturated rings. The minimum atomic E-state index is -0.452. The van der Waals surface area contributed by atoms with Gasteiger partial charge in [0.25, 0.3) is 5.91 Å². The highest BCUT2D eigenvalue weighted by Gasteiger charge is 2.26. The summed E-state index contributed by atoms with van der Waals surface area (Å²) in [6.07, 6.45) is 1.14. The highest BCUT2D eigenvalue weighted by molar-refractivity contribution is 5.96. The maximum Gasteiger partial charge on any atom is 0.338 e. The molecular weight excluding hydrogens is 302 g/mol. The van der Waals surface area contributed by atoms with E-state index in [-0.39, 0.29) is 12.5 Å². The van der Waals surface area contributed by atoms with Crippen LogP contribution in [0.2, 0.25) is 0 Å². The first-order valence-electron chi connectivity index (χ1n) is 8.46. The van der Waals surface area contributed by atoms with E-state index in [1.54, 1.807) is 12.1 Å². The maximum atomic E-state index is 12.3. The molecule has 4 nitrogen and oxygen atoms in total. The van der Waals surface area contributed by atoms with Crippen LogP contribution in [0.25, 0.3) is 10.8 Å². The Morgan fingerprint density at radius 1 is 1.04 bits per heavy atom. The van der Waals surface area contributed by atoms with Gasteiger partial charge in [0.1, 0.15) is 0 Å². The van der Waals surface area contributed by atoms with Crippen molar-refractivity contribution in [3.05, 3.63) is 48.0 Å². The standard InChI is InChI=1S/C20H23NO3/c1-14-9-15(2)12-21(11-14)19(22)13-24-20(23)18-8-7-16-5-3-4-6-17(16)10-18/h3-8,10,14-15H,9,11-13H2,1-2H3. The molecule has 4 heteroatoms. The first kappa shape index (κ1) is 16.5. The van der Waals surface area contributed by atoms with E-state index in [2.05, 4.69) is 13.8 Å². The highest BCUT2D eigenvalue weighted by Crippen LogP contribution is 2.21. The molecule has 0 aromatic heterocycles. The van der Waals surface area contributed by atoms with Gasteiger partial charge in [-0.05, 0) is 41.2 Å². The van der Waals surface area contributed by atoms with Gasteiger partial charge in [0.05, 0.1) is 5.56 Å². The number of piperidine rings is 1. The van der Waals surface area contributed by atoms with E-state index in [9.17, 15) is 9.59 Å². The number of hydrogen-bond donors (Lipinski definition) is 0. The molecule has 3 rings (SSSR count). The SMILES string of the molecule is CC1CC(C)CN(C(=O)COC(=O)c2ccc3ccccc3c2)C1. The summed E-state index contributed by atoms with van der Waals surface area (Å²) < 4.78 is 5.23. The zero-order chi connectivity index (χ0) is 17.1. The van der Waals surface area contributed by atoms with Crippen LogP contribution in [0.1, 0.15) is 30.6 Å². The fourth-order valence-corrected chi connectivity index (χ4v) is 3.48. The number of nitrogens with zero attached hydrogens (tertiary/aromatic N) is 1. The second kappa shape index (κ2) is 7.04. The lowest BCUT2D eigenvalue weighted by Crippen LogP contribution is -2.44. The Balaban J connectivity index is 1.60. The molecule has 0 aliphatic carbocycles. The van der Waals surface area contributed by atoms with Gasteiger partial charge in [-0.25, -0.2) is 4.79 Å². The Morgan fingerprint density at radius 3 is 2.42 bits per heavy atom. The molecule has 24 heavy (non-hydrogen) atoms. The molecule has 2 aromatic carbocycles. The van der Waals surface area contributed by atoms with Crippen molar-refractivity contribution in [3.8, 4) is 0 Å². The lowest BCUT2D eigenvalue weighted by atomic mass is 9.92. The van der Waals surface area contributed by atoms with Crippen molar-refractivity contribution in [1.29, 1.82) is 0 Å². The number of likely N-dealkylation sites (tertiary alicyclic amines) is 1. The Hall–Kier alpha value is -2.36. The van der Waals surface area contributed by atoms with E-state index in [0.29, 0.717) is 17.4 Å². The van der Waals surface area contributed by atoms with E-state index in [1.165, 1.54) is 0 Å². The summed E-state index contributed by atoms with van der Waals surface area (Å²) >= 11 is 0. The summed E-state index contributed by atoms with van der Waals surface area (Å²) in [6.45, 7) is 5.60. The van der Waals surface area contributed by atoms with Gasteiger partial charge in [-0.3, -0.25) is 4.79 Å². The zero-order valence-corrected chi connectivity index (χ0v) is 14.2. The molecule has 0 bridgehead atoms. The van der Waals surface area contributed by atoms with Gasteiger partial charge in [0, 0.05) is 13.1 Å². The van der Waals surface area contributed by atoms with Crippen molar-refractivity contribution in [2.75, 3.05) is 19.7 Å². The number of amides is 1. The first-order chi connectivity index (χ1) is 11.5. The monoisotopic (exact) mass is 325 g/mol. The fraction of sp³-hybridized carbons (Fsp3) is 0.400. The average molecular weight is 325 g/mol. The number of esters is 1. The van der Waals surface area contributed by atoms with Crippen LogP contribution in [-0.2, 0) is 9.53 Å². The molecule has 2 atom stereocenters. The Bertz CT molecular complexity index is 745. The van der Waals surface area contributed by atoms with Gasteiger partial charge in [-0.1, -0.05) is 44.2 Å². The molecule has 0 N–H and O–H groups in total. The molecule has 0 radical (unpaired) electrons. The number of carbonyl (C=O) groups is 2. The van der Waals surface area contributed by atoms with E-state index in [0.717, 1.165) is 30.3 Å². The number of rotatable bonds is 3. The molecular formula is C20H23NO3. The second-order valence-electron chi connectivity index (χ2n) is 6.88. The number of carbonyl (C=O) groups excluding carboxylic acids is 2. The van der Waals surface area contributed by atoms with Crippen molar-refractivity contribution in [2.45, 2.75) is 20.3 Å². The van der Waals surface area contributed by atoms with E-state index >= 15 is 0 Å². The number of benzene rings is 2. The van der Waals surface area contributed by atoms with Crippen LogP contribution in [0, 0.1) is 11.8 Å². The Labute approximate surface area is 142 Å². The van der Waals surface area contributed by atoms with Gasteiger partial charge in [-0.2, -0.15) is 0 Å². The molecule has 2 unspecified atom stereocenters. The average Bonchev–Trinajstić information content (AvgIpc) is 2.58. The van der Waals surface area contributed by atoms with Crippen LogP contribution in [0.4, 0.5) is 0 Å². The molecule has 1 amide bonds. The summed E-state index contributed by atoms with van der Waals surface area (Å²) in [5.41, 5.74) is 0.474. The van der Waals surface area contributed by atoms with Gasteiger partial charge in [0.2, 0.25) is 0 Å². The first-order valence-corrected chi connectivity index (χ1v) is 8.46. The lowest BCUT2D eigenvalue weighted by Gasteiger charge is -2.34. The molecule has 1 heterocycles. The van der Waals surface area contributed by atoms with E-state index < -0.39 is 5.97 Å². The van der Waals surface area contributed by atoms with E-state index in [1.807, 2.05) is 35.2 Å². The molecule has 2 aromatic rings. The quantitative estimate of drug-likeness (QED) is 0.812. The third-order valence-corrected chi connectivity index (χ3v) is 4.53. The minimum Gasteiger partial charge on any atom is -0.452 e. The topological polar surface area (TPSA) is 46.6 Å². The minimum absolute atomic E-state index is 0.109. The van der Waals surface area contributed by atoms with Gasteiger partial charge in [0.15, 0.2) is 6.61 Å². The predicted octanol–water partition coefficient (Wildman–Crippen LogP) is 3.50.